The molecule has 0 atom stereocenters. The molecule has 5 aromatic rings. The van der Waals surface area contributed by atoms with Gasteiger partial charge in [-0.05, 0) is 60.7 Å². The van der Waals surface area contributed by atoms with E-state index in [0.717, 1.165) is 36.4 Å². The van der Waals surface area contributed by atoms with Gasteiger partial charge in [0.05, 0.1) is 33.4 Å². The second-order valence-corrected chi connectivity index (χ2v) is 11.4. The number of carbonyl (C=O) groups excluding carboxylic acids is 2. The summed E-state index contributed by atoms with van der Waals surface area (Å²) in [5, 5.41) is 0. The third-order valence-corrected chi connectivity index (χ3v) is 7.61. The number of ether oxygens (including phenoxy) is 2. The van der Waals surface area contributed by atoms with Gasteiger partial charge in [-0.25, -0.2) is 35.9 Å². The Balaban J connectivity index is 1.62. The maximum Gasteiger partial charge on any atom is 0.416 e. The zero-order chi connectivity index (χ0) is 40.9. The minimum Gasteiger partial charge on any atom is -0.457 e. The quantitative estimate of drug-likeness (QED) is 0.0977. The Morgan fingerprint density at radius 1 is 0.464 bits per heavy atom. The Hall–Kier alpha value is -6.68. The maximum absolute atomic E-state index is 14.3. The average Bonchev–Trinajstić information content (AvgIpc) is 3.11. The Morgan fingerprint density at radius 2 is 0.768 bits per heavy atom. The van der Waals surface area contributed by atoms with Crippen molar-refractivity contribution in [3.05, 3.63) is 175 Å². The second kappa shape index (κ2) is 16.4. The fourth-order valence-corrected chi connectivity index (χ4v) is 4.76. The van der Waals surface area contributed by atoms with Crippen LogP contribution in [-0.2, 0) is 35.0 Å². The molecule has 0 aliphatic heterocycles. The molecule has 0 radical (unpaired) electrons. The molecule has 0 amide bonds. The summed E-state index contributed by atoms with van der Waals surface area (Å²) in [4.78, 5) is 26.9. The van der Waals surface area contributed by atoms with E-state index in [4.69, 9.17) is 9.47 Å². The van der Waals surface area contributed by atoms with Crippen LogP contribution in [0.1, 0.15) is 65.2 Å². The van der Waals surface area contributed by atoms with Gasteiger partial charge in [-0.3, -0.25) is 0 Å². The van der Waals surface area contributed by atoms with Crippen LogP contribution in [0.3, 0.4) is 0 Å². The molecule has 0 fully saturated rings. The Morgan fingerprint density at radius 3 is 1.05 bits per heavy atom. The summed E-state index contributed by atoms with van der Waals surface area (Å²) in [6.45, 7) is -2.23. The summed E-state index contributed by atoms with van der Waals surface area (Å²) in [5.41, 5.74) is -5.96. The highest BCUT2D eigenvalue weighted by molar-refractivity contribution is 5.98. The standard InChI is InChI=1S/C40H18F12O4/c41-27-15-33(43)31(34(44)16-27)19-55-37(53)29-14-24(8-2-22-5-11-26(12-6-22)40(50,51)52)30(38(54)56-20-32-35(45)17-28(42)18-36(32)46)13-23(29)7-1-21-3-9-25(10-4-21)39(47,48)49/h3-6,9-18H,19-20H2. The van der Waals surface area contributed by atoms with Gasteiger partial charge in [0, 0.05) is 46.5 Å². The van der Waals surface area contributed by atoms with E-state index < -0.39 is 117 Å². The van der Waals surface area contributed by atoms with Crippen molar-refractivity contribution >= 4 is 11.9 Å². The topological polar surface area (TPSA) is 52.6 Å². The highest BCUT2D eigenvalue weighted by atomic mass is 19.4. The van der Waals surface area contributed by atoms with Crippen molar-refractivity contribution in [1.29, 1.82) is 0 Å². The summed E-state index contributed by atoms with van der Waals surface area (Å²) in [6.07, 6.45) is -9.39. The minimum absolute atomic E-state index is 0.0506. The summed E-state index contributed by atoms with van der Waals surface area (Å²) >= 11 is 0. The molecular formula is C40H18F12O4. The van der Waals surface area contributed by atoms with Gasteiger partial charge in [0.1, 0.15) is 48.1 Å². The first-order chi connectivity index (χ1) is 26.3. The first-order valence-electron chi connectivity index (χ1n) is 15.5. The van der Waals surface area contributed by atoms with Crippen LogP contribution in [0.5, 0.6) is 0 Å². The maximum atomic E-state index is 14.3. The lowest BCUT2D eigenvalue weighted by Gasteiger charge is -2.12. The zero-order valence-electron chi connectivity index (χ0n) is 27.7. The molecule has 0 aromatic heterocycles. The van der Waals surface area contributed by atoms with Gasteiger partial charge in [-0.1, -0.05) is 23.7 Å². The first kappa shape index (κ1) is 40.5. The van der Waals surface area contributed by atoms with Gasteiger partial charge in [0.2, 0.25) is 0 Å². The number of alkyl halides is 6. The molecule has 0 aliphatic rings. The predicted octanol–water partition coefficient (Wildman–Crippen LogP) is 10.1. The summed E-state index contributed by atoms with van der Waals surface area (Å²) in [6, 6.07) is 9.62. The SMILES string of the molecule is O=C(OCc1c(F)cc(F)cc1F)c1cc(C#Cc2ccc(C(F)(F)F)cc2)c(C(=O)OCc2c(F)cc(F)cc2F)cc1C#Cc1ccc(C(F)(F)F)cc1. The number of benzene rings is 5. The lowest BCUT2D eigenvalue weighted by Crippen LogP contribution is -2.14. The number of hydrogen-bond donors (Lipinski definition) is 0. The van der Waals surface area contributed by atoms with Crippen molar-refractivity contribution in [2.24, 2.45) is 0 Å². The van der Waals surface area contributed by atoms with E-state index >= 15 is 0 Å². The Bertz CT molecular complexity index is 2230. The van der Waals surface area contributed by atoms with Crippen molar-refractivity contribution < 1.29 is 71.7 Å². The third kappa shape index (κ3) is 9.89. The molecule has 0 heterocycles. The fraction of sp³-hybridized carbons (Fsp3) is 0.100. The van der Waals surface area contributed by atoms with Gasteiger partial charge >= 0.3 is 24.3 Å². The fourth-order valence-electron chi connectivity index (χ4n) is 4.76. The molecule has 16 heteroatoms. The van der Waals surface area contributed by atoms with Crippen LogP contribution < -0.4 is 0 Å². The molecule has 0 spiro atoms. The zero-order valence-corrected chi connectivity index (χ0v) is 27.7. The lowest BCUT2D eigenvalue weighted by molar-refractivity contribution is -0.138. The van der Waals surface area contributed by atoms with Gasteiger partial charge < -0.3 is 9.47 Å². The molecule has 4 nitrogen and oxygen atoms in total. The van der Waals surface area contributed by atoms with E-state index in [1.54, 1.807) is 0 Å². The molecule has 0 unspecified atom stereocenters. The largest absolute Gasteiger partial charge is 0.457 e. The first-order valence-corrected chi connectivity index (χ1v) is 15.5. The van der Waals surface area contributed by atoms with Gasteiger partial charge in [-0.2, -0.15) is 26.3 Å². The summed E-state index contributed by atoms with van der Waals surface area (Å²) in [5.74, 6) is -1.17. The molecule has 0 bridgehead atoms. The Labute approximate surface area is 308 Å². The minimum atomic E-state index is -4.70. The number of carbonyl (C=O) groups is 2. The molecular weight excluding hydrogens is 772 g/mol. The van der Waals surface area contributed by atoms with Gasteiger partial charge in [-0.15, -0.1) is 0 Å². The van der Waals surface area contributed by atoms with Crippen LogP contribution >= 0.6 is 0 Å². The van der Waals surface area contributed by atoms with Crippen LogP contribution in [-0.4, -0.2) is 11.9 Å². The molecule has 0 N–H and O–H groups in total. The molecule has 56 heavy (non-hydrogen) atoms. The number of halogens is 12. The predicted molar refractivity (Wildman–Crippen MR) is 172 cm³/mol. The second-order valence-electron chi connectivity index (χ2n) is 11.4. The highest BCUT2D eigenvalue weighted by Gasteiger charge is 2.31. The van der Waals surface area contributed by atoms with Crippen LogP contribution in [0.15, 0.2) is 84.9 Å². The summed E-state index contributed by atoms with van der Waals surface area (Å²) < 4.78 is 173. The van der Waals surface area contributed by atoms with E-state index in [1.165, 1.54) is 0 Å². The van der Waals surface area contributed by atoms with E-state index in [9.17, 15) is 62.3 Å². The highest BCUT2D eigenvalue weighted by Crippen LogP contribution is 2.30. The molecule has 0 aliphatic carbocycles. The van der Waals surface area contributed by atoms with Gasteiger partial charge in [0.25, 0.3) is 0 Å². The molecule has 5 aromatic carbocycles. The van der Waals surface area contributed by atoms with Crippen LogP contribution in [0.25, 0.3) is 0 Å². The Kier molecular flexibility index (Phi) is 11.8. The van der Waals surface area contributed by atoms with Gasteiger partial charge in [0.15, 0.2) is 0 Å². The molecule has 286 valence electrons. The van der Waals surface area contributed by atoms with Crippen molar-refractivity contribution in [3.8, 4) is 23.7 Å². The smallest absolute Gasteiger partial charge is 0.416 e. The molecule has 5 rings (SSSR count). The van der Waals surface area contributed by atoms with E-state index in [-0.39, 0.29) is 11.1 Å². The monoisotopic (exact) mass is 790 g/mol. The number of esters is 2. The van der Waals surface area contributed by atoms with Crippen molar-refractivity contribution in [2.75, 3.05) is 0 Å². The van der Waals surface area contributed by atoms with Crippen LogP contribution in [0.4, 0.5) is 52.7 Å². The van der Waals surface area contributed by atoms with Crippen molar-refractivity contribution in [1.82, 2.24) is 0 Å². The van der Waals surface area contributed by atoms with Crippen LogP contribution in [0.2, 0.25) is 0 Å². The molecule has 0 saturated carbocycles. The summed E-state index contributed by atoms with van der Waals surface area (Å²) in [7, 11) is 0. The normalized spacial score (nSPS) is 11.2. The van der Waals surface area contributed by atoms with Crippen LogP contribution in [0, 0.1) is 58.6 Å². The van der Waals surface area contributed by atoms with E-state index in [1.807, 2.05) is 0 Å². The lowest BCUT2D eigenvalue weighted by atomic mass is 9.97. The number of rotatable bonds is 6. The van der Waals surface area contributed by atoms with E-state index in [0.29, 0.717) is 48.5 Å². The number of hydrogen-bond acceptors (Lipinski definition) is 4. The van der Waals surface area contributed by atoms with E-state index in [2.05, 4.69) is 23.7 Å². The van der Waals surface area contributed by atoms with Crippen molar-refractivity contribution in [3.63, 3.8) is 0 Å². The molecule has 0 saturated heterocycles. The average molecular weight is 791 g/mol. The third-order valence-electron chi connectivity index (χ3n) is 7.61. The van der Waals surface area contributed by atoms with Crippen molar-refractivity contribution in [2.45, 2.75) is 25.6 Å².